The summed E-state index contributed by atoms with van der Waals surface area (Å²) in [6.45, 7) is 3.39. The van der Waals surface area contributed by atoms with E-state index in [1.807, 2.05) is 6.92 Å². The van der Waals surface area contributed by atoms with Crippen molar-refractivity contribution in [3.63, 3.8) is 0 Å². The predicted molar refractivity (Wildman–Crippen MR) is 70.1 cm³/mol. The summed E-state index contributed by atoms with van der Waals surface area (Å²) in [5.41, 5.74) is 1.14. The Hall–Kier alpha value is -1.38. The van der Waals surface area contributed by atoms with E-state index in [1.54, 1.807) is 17.0 Å². The minimum absolute atomic E-state index is 0.155. The molecule has 1 aliphatic rings. The van der Waals surface area contributed by atoms with Gasteiger partial charge in [0.25, 0.3) is 5.91 Å². The Morgan fingerprint density at radius 1 is 1.11 bits per heavy atom. The Bertz CT molecular complexity index is 423. The largest absolute Gasteiger partial charge is 0.339 e. The number of carbonyl (C=O) groups is 1. The Balaban J connectivity index is 2.15. The maximum atomic E-state index is 13.7. The van der Waals surface area contributed by atoms with Crippen LogP contribution >= 0.6 is 0 Å². The SMILES string of the molecule is Cc1ccc(F)c(C(=O)N2CCCCCCC2)c1. The second kappa shape index (κ2) is 5.98. The lowest BCUT2D eigenvalue weighted by atomic mass is 10.1. The molecule has 1 aliphatic heterocycles. The predicted octanol–water partition coefficient (Wildman–Crippen LogP) is 3.54. The summed E-state index contributed by atoms with van der Waals surface area (Å²) >= 11 is 0. The summed E-state index contributed by atoms with van der Waals surface area (Å²) in [6.07, 6.45) is 5.64. The average molecular weight is 249 g/mol. The maximum absolute atomic E-state index is 13.7. The van der Waals surface area contributed by atoms with Gasteiger partial charge in [0.1, 0.15) is 5.82 Å². The van der Waals surface area contributed by atoms with Crippen molar-refractivity contribution in [2.24, 2.45) is 0 Å². The van der Waals surface area contributed by atoms with Crippen LogP contribution in [0.3, 0.4) is 0 Å². The van der Waals surface area contributed by atoms with Crippen molar-refractivity contribution in [1.82, 2.24) is 4.90 Å². The fraction of sp³-hybridized carbons (Fsp3) is 0.533. The van der Waals surface area contributed by atoms with Crippen LogP contribution in [0.5, 0.6) is 0 Å². The molecule has 0 N–H and O–H groups in total. The molecule has 0 bridgehead atoms. The van der Waals surface area contributed by atoms with Crippen LogP contribution in [0.15, 0.2) is 18.2 Å². The first-order valence-electron chi connectivity index (χ1n) is 6.74. The zero-order chi connectivity index (χ0) is 13.0. The van der Waals surface area contributed by atoms with Crippen molar-refractivity contribution in [3.05, 3.63) is 35.1 Å². The molecule has 0 unspecified atom stereocenters. The smallest absolute Gasteiger partial charge is 0.256 e. The van der Waals surface area contributed by atoms with Crippen molar-refractivity contribution in [1.29, 1.82) is 0 Å². The van der Waals surface area contributed by atoms with Crippen LogP contribution in [0.4, 0.5) is 4.39 Å². The lowest BCUT2D eigenvalue weighted by Crippen LogP contribution is -2.34. The third-order valence-electron chi connectivity index (χ3n) is 3.50. The van der Waals surface area contributed by atoms with Gasteiger partial charge in [-0.25, -0.2) is 4.39 Å². The third kappa shape index (κ3) is 3.09. The standard InChI is InChI=1S/C15H20FNO/c1-12-7-8-14(16)13(11-12)15(18)17-9-5-3-2-4-6-10-17/h7-8,11H,2-6,9-10H2,1H3. The van der Waals surface area contributed by atoms with E-state index in [4.69, 9.17) is 0 Å². The van der Waals surface area contributed by atoms with Gasteiger partial charge in [-0.3, -0.25) is 4.79 Å². The Labute approximate surface area is 108 Å². The van der Waals surface area contributed by atoms with Gasteiger partial charge in [-0.05, 0) is 31.9 Å². The van der Waals surface area contributed by atoms with Gasteiger partial charge in [0.15, 0.2) is 0 Å². The second-order valence-electron chi connectivity index (χ2n) is 5.04. The van der Waals surface area contributed by atoms with Crippen molar-refractivity contribution < 1.29 is 9.18 Å². The quantitative estimate of drug-likeness (QED) is 0.745. The highest BCUT2D eigenvalue weighted by Gasteiger charge is 2.19. The highest BCUT2D eigenvalue weighted by molar-refractivity contribution is 5.94. The van der Waals surface area contributed by atoms with Gasteiger partial charge in [0, 0.05) is 13.1 Å². The van der Waals surface area contributed by atoms with Gasteiger partial charge in [-0.2, -0.15) is 0 Å². The minimum atomic E-state index is -0.410. The van der Waals surface area contributed by atoms with E-state index < -0.39 is 5.82 Å². The van der Waals surface area contributed by atoms with E-state index in [9.17, 15) is 9.18 Å². The van der Waals surface area contributed by atoms with E-state index in [0.29, 0.717) is 0 Å². The number of rotatable bonds is 1. The molecule has 3 heteroatoms. The van der Waals surface area contributed by atoms with Gasteiger partial charge in [0.2, 0.25) is 0 Å². The molecule has 2 nitrogen and oxygen atoms in total. The first-order chi connectivity index (χ1) is 8.68. The molecule has 1 fully saturated rings. The zero-order valence-corrected chi connectivity index (χ0v) is 10.9. The first-order valence-corrected chi connectivity index (χ1v) is 6.74. The molecule has 0 spiro atoms. The molecule has 0 radical (unpaired) electrons. The third-order valence-corrected chi connectivity index (χ3v) is 3.50. The fourth-order valence-electron chi connectivity index (χ4n) is 2.42. The molecule has 1 aromatic carbocycles. The number of carbonyl (C=O) groups excluding carboxylic acids is 1. The van der Waals surface area contributed by atoms with Crippen LogP contribution in [0.1, 0.15) is 48.0 Å². The zero-order valence-electron chi connectivity index (χ0n) is 10.9. The van der Waals surface area contributed by atoms with E-state index in [-0.39, 0.29) is 11.5 Å². The van der Waals surface area contributed by atoms with E-state index >= 15 is 0 Å². The first kappa shape index (κ1) is 13.1. The van der Waals surface area contributed by atoms with Crippen LogP contribution in [-0.4, -0.2) is 23.9 Å². The molecule has 0 saturated carbocycles. The number of amides is 1. The number of benzene rings is 1. The van der Waals surface area contributed by atoms with Crippen LogP contribution in [0.2, 0.25) is 0 Å². The Morgan fingerprint density at radius 2 is 1.72 bits per heavy atom. The minimum Gasteiger partial charge on any atom is -0.339 e. The summed E-state index contributed by atoms with van der Waals surface area (Å²) in [5, 5.41) is 0. The van der Waals surface area contributed by atoms with Gasteiger partial charge in [0.05, 0.1) is 5.56 Å². The molecule has 1 aromatic rings. The molecule has 1 amide bonds. The number of likely N-dealkylation sites (tertiary alicyclic amines) is 1. The normalized spacial score (nSPS) is 17.1. The van der Waals surface area contributed by atoms with Gasteiger partial charge < -0.3 is 4.90 Å². The van der Waals surface area contributed by atoms with E-state index in [0.717, 1.165) is 31.5 Å². The van der Waals surface area contributed by atoms with Gasteiger partial charge in [-0.1, -0.05) is 30.9 Å². The molecule has 2 rings (SSSR count). The Morgan fingerprint density at radius 3 is 2.39 bits per heavy atom. The second-order valence-corrected chi connectivity index (χ2v) is 5.04. The summed E-state index contributed by atoms with van der Waals surface area (Å²) < 4.78 is 13.7. The number of hydrogen-bond donors (Lipinski definition) is 0. The molecule has 0 atom stereocenters. The van der Waals surface area contributed by atoms with Crippen molar-refractivity contribution >= 4 is 5.91 Å². The van der Waals surface area contributed by atoms with Crippen molar-refractivity contribution in [3.8, 4) is 0 Å². The van der Waals surface area contributed by atoms with Crippen LogP contribution < -0.4 is 0 Å². The van der Waals surface area contributed by atoms with E-state index in [1.165, 1.54) is 25.3 Å². The van der Waals surface area contributed by atoms with Crippen LogP contribution in [0.25, 0.3) is 0 Å². The lowest BCUT2D eigenvalue weighted by Gasteiger charge is -2.25. The summed E-state index contributed by atoms with van der Waals surface area (Å²) in [5.74, 6) is -0.564. The summed E-state index contributed by atoms with van der Waals surface area (Å²) in [4.78, 5) is 14.1. The number of halogens is 1. The molecular weight excluding hydrogens is 229 g/mol. The van der Waals surface area contributed by atoms with Gasteiger partial charge >= 0.3 is 0 Å². The van der Waals surface area contributed by atoms with Gasteiger partial charge in [-0.15, -0.1) is 0 Å². The molecular formula is C15H20FNO. The highest BCUT2D eigenvalue weighted by Crippen LogP contribution is 2.16. The topological polar surface area (TPSA) is 20.3 Å². The van der Waals surface area contributed by atoms with Crippen molar-refractivity contribution in [2.75, 3.05) is 13.1 Å². The molecule has 1 saturated heterocycles. The summed E-state index contributed by atoms with van der Waals surface area (Å²) in [7, 11) is 0. The number of hydrogen-bond acceptors (Lipinski definition) is 1. The molecule has 1 heterocycles. The maximum Gasteiger partial charge on any atom is 0.256 e. The van der Waals surface area contributed by atoms with Crippen LogP contribution in [-0.2, 0) is 0 Å². The molecule has 98 valence electrons. The summed E-state index contributed by atoms with van der Waals surface area (Å²) in [6, 6.07) is 4.72. The van der Waals surface area contributed by atoms with Crippen molar-refractivity contribution in [2.45, 2.75) is 39.0 Å². The molecule has 0 aromatic heterocycles. The monoisotopic (exact) mass is 249 g/mol. The fourth-order valence-corrected chi connectivity index (χ4v) is 2.42. The Kier molecular flexibility index (Phi) is 4.34. The van der Waals surface area contributed by atoms with Crippen LogP contribution in [0, 0.1) is 12.7 Å². The molecule has 0 aliphatic carbocycles. The number of aryl methyl sites for hydroxylation is 1. The average Bonchev–Trinajstić information content (AvgIpc) is 2.31. The molecule has 18 heavy (non-hydrogen) atoms. The van der Waals surface area contributed by atoms with E-state index in [2.05, 4.69) is 0 Å². The lowest BCUT2D eigenvalue weighted by molar-refractivity contribution is 0.0737. The number of nitrogens with zero attached hydrogens (tertiary/aromatic N) is 1. The highest BCUT2D eigenvalue weighted by atomic mass is 19.1.